The lowest BCUT2D eigenvalue weighted by molar-refractivity contribution is -0.461. The number of alkyl halides is 17. The van der Waals surface area contributed by atoms with Gasteiger partial charge in [-0.15, -0.1) is 0 Å². The van der Waals surface area contributed by atoms with Gasteiger partial charge in [0.05, 0.1) is 13.7 Å². The molecule has 0 aliphatic carbocycles. The summed E-state index contributed by atoms with van der Waals surface area (Å²) in [6, 6.07) is 10.5. The summed E-state index contributed by atoms with van der Waals surface area (Å²) in [6.45, 7) is 9.22. The van der Waals surface area contributed by atoms with Gasteiger partial charge in [0.15, 0.2) is 8.32 Å². The Kier molecular flexibility index (Phi) is 18.9. The molecule has 1 N–H and O–H groups in total. The van der Waals surface area contributed by atoms with Crippen molar-refractivity contribution in [1.82, 2.24) is 0 Å². The molecule has 1 amide bonds. The number of halogens is 17. The first-order chi connectivity index (χ1) is 30.5. The van der Waals surface area contributed by atoms with Crippen LogP contribution in [0.15, 0.2) is 73.3 Å². The molecule has 0 bridgehead atoms. The molecule has 0 unspecified atom stereocenters. The maximum Gasteiger partial charge on any atom is 0.460 e. The second-order valence-electron chi connectivity index (χ2n) is 15.5. The fourth-order valence-electron chi connectivity index (χ4n) is 6.44. The number of carbonyl (C=O) groups excluding carboxylic acids is 2. The normalized spacial score (nSPS) is 14.8. The standard InChI is InChI=1S/C41H46F17NO7Si/c1-8-20-64-31(60)18-9-26(6)32(66-33(61)59-28-12-16-29(62-7)17-13-28)27-10-14-30(15-11-27)63-21-22-65-67(24(2)3,25(4)5)23-19-34(42,43)35(44,45)36(46,47)37(48,49)38(50,51)39(52,53)40(54,55)41(56,57)58/h8-18,24-26,32H,1,19-23H2,2-7H3,(H,59,61)/b18-9+/t26-,32+/m1/s1. The first kappa shape index (κ1) is 58.4. The molecular formula is C41H46F17NO7Si. The fraction of sp³-hybridized carbons (Fsp3) is 0.561. The molecule has 380 valence electrons. The van der Waals surface area contributed by atoms with Crippen LogP contribution in [0.5, 0.6) is 11.5 Å². The van der Waals surface area contributed by atoms with Crippen molar-refractivity contribution in [3.63, 3.8) is 0 Å². The molecule has 2 aromatic carbocycles. The van der Waals surface area contributed by atoms with E-state index >= 15 is 8.78 Å². The van der Waals surface area contributed by atoms with Gasteiger partial charge in [-0.25, -0.2) is 9.59 Å². The van der Waals surface area contributed by atoms with E-state index in [2.05, 4.69) is 11.9 Å². The van der Waals surface area contributed by atoms with Crippen LogP contribution >= 0.6 is 0 Å². The minimum absolute atomic E-state index is 0.0813. The highest BCUT2D eigenvalue weighted by molar-refractivity contribution is 6.76. The van der Waals surface area contributed by atoms with E-state index in [1.54, 1.807) is 19.1 Å². The summed E-state index contributed by atoms with van der Waals surface area (Å²) in [4.78, 5) is 25.0. The van der Waals surface area contributed by atoms with E-state index < -0.39 is 117 Å². The zero-order chi connectivity index (χ0) is 51.8. The summed E-state index contributed by atoms with van der Waals surface area (Å²) >= 11 is 0. The van der Waals surface area contributed by atoms with Gasteiger partial charge in [-0.1, -0.05) is 65.5 Å². The van der Waals surface area contributed by atoms with Gasteiger partial charge < -0.3 is 23.4 Å². The van der Waals surface area contributed by atoms with Crippen molar-refractivity contribution in [2.75, 3.05) is 32.2 Å². The van der Waals surface area contributed by atoms with Gasteiger partial charge >= 0.3 is 59.7 Å². The second kappa shape index (κ2) is 21.7. The molecule has 0 heterocycles. The highest BCUT2D eigenvalue weighted by atomic mass is 28.4. The third-order valence-electron chi connectivity index (χ3n) is 10.4. The second-order valence-corrected chi connectivity index (χ2v) is 20.5. The van der Waals surface area contributed by atoms with Crippen LogP contribution in [-0.2, 0) is 18.7 Å². The Morgan fingerprint density at radius 1 is 0.672 bits per heavy atom. The summed E-state index contributed by atoms with van der Waals surface area (Å²) in [5.74, 6) is -57.7. The van der Waals surface area contributed by atoms with Gasteiger partial charge in [-0.3, -0.25) is 5.32 Å². The highest BCUT2D eigenvalue weighted by Gasteiger charge is 2.95. The average molecular weight is 1020 g/mol. The van der Waals surface area contributed by atoms with Gasteiger partial charge in [-0.2, -0.15) is 74.6 Å². The largest absolute Gasteiger partial charge is 0.497 e. The molecule has 0 radical (unpaired) electrons. The number of methoxy groups -OCH3 is 1. The molecule has 2 rings (SSSR count). The van der Waals surface area contributed by atoms with Crippen molar-refractivity contribution in [1.29, 1.82) is 0 Å². The molecule has 26 heteroatoms. The van der Waals surface area contributed by atoms with E-state index in [4.69, 9.17) is 23.4 Å². The fourth-order valence-corrected chi connectivity index (χ4v) is 10.9. The highest BCUT2D eigenvalue weighted by Crippen LogP contribution is 2.64. The molecule has 0 saturated carbocycles. The predicted octanol–water partition coefficient (Wildman–Crippen LogP) is 13.5. The Morgan fingerprint density at radius 2 is 1.15 bits per heavy atom. The lowest BCUT2D eigenvalue weighted by Gasteiger charge is -2.44. The number of carbonyl (C=O) groups is 2. The number of hydrogen-bond acceptors (Lipinski definition) is 7. The van der Waals surface area contributed by atoms with Crippen molar-refractivity contribution in [2.24, 2.45) is 5.92 Å². The molecule has 2 atom stereocenters. The van der Waals surface area contributed by atoms with Crippen LogP contribution in [0.25, 0.3) is 0 Å². The summed E-state index contributed by atoms with van der Waals surface area (Å²) in [5.41, 5.74) is -1.11. The lowest BCUT2D eigenvalue weighted by Crippen LogP contribution is -2.74. The lowest BCUT2D eigenvalue weighted by atomic mass is 9.88. The van der Waals surface area contributed by atoms with E-state index in [1.807, 2.05) is 0 Å². The molecule has 0 aromatic heterocycles. The first-order valence-corrected chi connectivity index (χ1v) is 21.9. The van der Waals surface area contributed by atoms with Gasteiger partial charge in [0.2, 0.25) is 0 Å². The zero-order valence-electron chi connectivity index (χ0n) is 36.2. The first-order valence-electron chi connectivity index (χ1n) is 19.6. The summed E-state index contributed by atoms with van der Waals surface area (Å²) in [6.07, 6.45) is -8.54. The van der Waals surface area contributed by atoms with Crippen molar-refractivity contribution >= 4 is 26.1 Å². The maximum absolute atomic E-state index is 15.0. The smallest absolute Gasteiger partial charge is 0.460 e. The number of ether oxygens (including phenoxy) is 4. The maximum atomic E-state index is 15.0. The number of benzene rings is 2. The predicted molar refractivity (Wildman–Crippen MR) is 209 cm³/mol. The van der Waals surface area contributed by atoms with Gasteiger partial charge in [0.1, 0.15) is 30.8 Å². The van der Waals surface area contributed by atoms with Crippen molar-refractivity contribution in [3.8, 4) is 11.5 Å². The van der Waals surface area contributed by atoms with Crippen LogP contribution in [-0.4, -0.2) is 94.9 Å². The molecule has 0 spiro atoms. The molecule has 0 aliphatic heterocycles. The Bertz CT molecular complexity index is 1970. The van der Waals surface area contributed by atoms with Crippen LogP contribution in [0.1, 0.15) is 52.7 Å². The summed E-state index contributed by atoms with van der Waals surface area (Å²) < 4.78 is 263. The number of anilines is 1. The van der Waals surface area contributed by atoms with Crippen LogP contribution in [0.4, 0.5) is 85.1 Å². The molecule has 8 nitrogen and oxygen atoms in total. The third kappa shape index (κ3) is 12.3. The van der Waals surface area contributed by atoms with Crippen molar-refractivity contribution in [2.45, 2.75) is 112 Å². The van der Waals surface area contributed by atoms with Crippen LogP contribution in [0.3, 0.4) is 0 Å². The molecule has 0 aliphatic rings. The minimum Gasteiger partial charge on any atom is -0.497 e. The van der Waals surface area contributed by atoms with Gasteiger partial charge in [0, 0.05) is 24.1 Å². The summed E-state index contributed by atoms with van der Waals surface area (Å²) in [5, 5.41) is 2.54. The average Bonchev–Trinajstić information content (AvgIpc) is 3.23. The molecule has 2 aromatic rings. The topological polar surface area (TPSA) is 92.3 Å². The summed E-state index contributed by atoms with van der Waals surface area (Å²) in [7, 11) is -2.59. The minimum atomic E-state index is -8.71. The molecule has 67 heavy (non-hydrogen) atoms. The van der Waals surface area contributed by atoms with E-state index in [-0.39, 0.29) is 12.4 Å². The zero-order valence-corrected chi connectivity index (χ0v) is 37.2. The molecule has 0 saturated heterocycles. The Balaban J connectivity index is 2.30. The van der Waals surface area contributed by atoms with Crippen molar-refractivity contribution < 1.29 is 108 Å². The number of rotatable bonds is 25. The SMILES string of the molecule is C=CCOC(=O)/C=C/[C@@H](C)[C@H](OC(=O)Nc1ccc(OC)cc1)c1ccc(OCCO[Si](CCC(F)(F)C(F)(F)C(F)(F)C(F)(F)C(F)(F)C(F)(F)C(F)(F)C(F)(F)F)(C(C)C)C(C)C)cc1. The molecular weight excluding hydrogens is 970 g/mol. The van der Waals surface area contributed by atoms with Gasteiger partial charge in [-0.05, 0) is 59.1 Å². The van der Waals surface area contributed by atoms with E-state index in [0.29, 0.717) is 17.0 Å². The molecule has 0 fully saturated rings. The van der Waals surface area contributed by atoms with Crippen LogP contribution in [0, 0.1) is 5.92 Å². The number of nitrogens with one attached hydrogen (secondary N) is 1. The number of esters is 1. The third-order valence-corrected chi connectivity index (χ3v) is 16.1. The quantitative estimate of drug-likeness (QED) is 0.0264. The van der Waals surface area contributed by atoms with Crippen molar-refractivity contribution in [3.05, 3.63) is 78.9 Å². The van der Waals surface area contributed by atoms with Crippen LogP contribution in [0.2, 0.25) is 17.1 Å². The van der Waals surface area contributed by atoms with Crippen LogP contribution < -0.4 is 14.8 Å². The number of hydrogen-bond donors (Lipinski definition) is 1. The van der Waals surface area contributed by atoms with Gasteiger partial charge in [0.25, 0.3) is 0 Å². The van der Waals surface area contributed by atoms with E-state index in [0.717, 1.165) is 6.08 Å². The Hall–Kier alpha value is -4.75. The Morgan fingerprint density at radius 3 is 1.61 bits per heavy atom. The monoisotopic (exact) mass is 1020 g/mol. The number of amides is 1. The van der Waals surface area contributed by atoms with E-state index in [9.17, 15) is 75.4 Å². The van der Waals surface area contributed by atoms with E-state index in [1.165, 1.54) is 83.4 Å². The Labute approximate surface area is 373 Å².